The average molecular weight is 406 g/mol. The summed E-state index contributed by atoms with van der Waals surface area (Å²) in [6.45, 7) is 5.34. The monoisotopic (exact) mass is 406 g/mol. The number of anilines is 1. The van der Waals surface area contributed by atoms with E-state index < -0.39 is 23.9 Å². The van der Waals surface area contributed by atoms with Gasteiger partial charge in [0.05, 0.1) is 11.3 Å². The number of hydrogen-bond acceptors (Lipinski definition) is 5. The van der Waals surface area contributed by atoms with Crippen LogP contribution in [0.15, 0.2) is 48.5 Å². The number of benzene rings is 2. The normalized spacial score (nSPS) is 11.6. The lowest BCUT2D eigenvalue weighted by Gasteiger charge is -2.14. The Kier molecular flexibility index (Phi) is 5.96. The second kappa shape index (κ2) is 8.60. The van der Waals surface area contributed by atoms with E-state index in [9.17, 15) is 14.4 Å². The van der Waals surface area contributed by atoms with E-state index in [0.29, 0.717) is 16.8 Å². The third kappa shape index (κ3) is 4.72. The molecule has 0 radical (unpaired) electrons. The number of primary amides is 1. The van der Waals surface area contributed by atoms with Gasteiger partial charge in [0, 0.05) is 22.5 Å². The number of carbonyl (C=O) groups excluding carboxylic acids is 3. The average Bonchev–Trinajstić information content (AvgIpc) is 3.06. The Balaban J connectivity index is 1.60. The van der Waals surface area contributed by atoms with E-state index in [1.807, 2.05) is 13.8 Å². The number of nitrogens with one attached hydrogen (secondary N) is 2. The van der Waals surface area contributed by atoms with E-state index >= 15 is 0 Å². The van der Waals surface area contributed by atoms with Gasteiger partial charge in [-0.05, 0) is 57.2 Å². The summed E-state index contributed by atoms with van der Waals surface area (Å²) in [5.74, 6) is -0.938. The summed E-state index contributed by atoms with van der Waals surface area (Å²) >= 11 is 0. The van der Waals surface area contributed by atoms with Crippen LogP contribution in [0.1, 0.15) is 39.0 Å². The molecule has 1 aromatic heterocycles. The van der Waals surface area contributed by atoms with E-state index in [4.69, 9.17) is 10.5 Å². The van der Waals surface area contributed by atoms with Gasteiger partial charge in [0.2, 0.25) is 5.91 Å². The number of esters is 1. The highest BCUT2D eigenvalue weighted by molar-refractivity contribution is 5.98. The first-order valence-electron chi connectivity index (χ1n) is 9.30. The molecule has 0 bridgehead atoms. The molecule has 0 aliphatic carbocycles. The molecule has 8 nitrogen and oxygen atoms in total. The molecular formula is C22H22N4O4. The largest absolute Gasteiger partial charge is 0.449 e. The number of aryl methyl sites for hydroxylation is 2. The zero-order valence-electron chi connectivity index (χ0n) is 16.9. The Hall–Kier alpha value is -3.94. The number of nitrogens with zero attached hydrogens (tertiary/aromatic N) is 1. The van der Waals surface area contributed by atoms with Crippen molar-refractivity contribution < 1.29 is 19.1 Å². The van der Waals surface area contributed by atoms with Crippen molar-refractivity contribution in [3.63, 3.8) is 0 Å². The molecule has 30 heavy (non-hydrogen) atoms. The third-order valence-electron chi connectivity index (χ3n) is 4.61. The number of H-pyrrole nitrogens is 1. The van der Waals surface area contributed by atoms with Crippen LogP contribution in [0.4, 0.5) is 5.69 Å². The number of rotatable bonds is 6. The molecule has 4 N–H and O–H groups in total. The van der Waals surface area contributed by atoms with Crippen molar-refractivity contribution in [2.24, 2.45) is 5.73 Å². The summed E-state index contributed by atoms with van der Waals surface area (Å²) in [7, 11) is 0. The summed E-state index contributed by atoms with van der Waals surface area (Å²) in [6.07, 6.45) is -1.01. The summed E-state index contributed by atoms with van der Waals surface area (Å²) in [5.41, 5.74) is 9.04. The maximum Gasteiger partial charge on any atom is 0.338 e. The van der Waals surface area contributed by atoms with E-state index in [2.05, 4.69) is 15.3 Å². The number of amides is 2. The number of nitrogens with two attached hydrogens (primary N) is 1. The number of aromatic nitrogens is 2. The van der Waals surface area contributed by atoms with Crippen LogP contribution in [-0.2, 0) is 9.53 Å². The van der Waals surface area contributed by atoms with Gasteiger partial charge in [-0.3, -0.25) is 9.59 Å². The molecule has 8 heteroatoms. The first kappa shape index (κ1) is 20.8. The molecule has 0 saturated heterocycles. The van der Waals surface area contributed by atoms with Crippen LogP contribution in [0.5, 0.6) is 0 Å². The van der Waals surface area contributed by atoms with Crippen LogP contribution in [0.25, 0.3) is 11.4 Å². The highest BCUT2D eigenvalue weighted by atomic mass is 16.5. The predicted molar refractivity (Wildman–Crippen MR) is 112 cm³/mol. The minimum Gasteiger partial charge on any atom is -0.449 e. The molecule has 0 fully saturated rings. The number of imidazole rings is 1. The Morgan fingerprint density at radius 1 is 1.00 bits per heavy atom. The fourth-order valence-corrected chi connectivity index (χ4v) is 2.69. The van der Waals surface area contributed by atoms with Crippen molar-refractivity contribution in [1.82, 2.24) is 9.97 Å². The highest BCUT2D eigenvalue weighted by Gasteiger charge is 2.19. The second-order valence-corrected chi connectivity index (χ2v) is 6.85. The standard InChI is InChI=1S/C22H22N4O4/c1-12-13(2)25-20(24-12)16-4-6-17(7-5-16)22(29)30-14(3)21(28)26-18-10-8-15(9-11-18)19(23)27/h4-11,14H,1-3H3,(H2,23,27)(H,24,25)(H,26,28). The van der Waals surface area contributed by atoms with Crippen LogP contribution in [-0.4, -0.2) is 33.9 Å². The molecule has 3 rings (SSSR count). The quantitative estimate of drug-likeness (QED) is 0.542. The molecule has 154 valence electrons. The lowest BCUT2D eigenvalue weighted by atomic mass is 10.1. The first-order valence-corrected chi connectivity index (χ1v) is 9.30. The summed E-state index contributed by atoms with van der Waals surface area (Å²) in [4.78, 5) is 43.3. The SMILES string of the molecule is Cc1nc(-c2ccc(C(=O)OC(C)C(=O)Nc3ccc(C(N)=O)cc3)cc2)[nH]c1C. The van der Waals surface area contributed by atoms with Gasteiger partial charge in [0.25, 0.3) is 5.91 Å². The fourth-order valence-electron chi connectivity index (χ4n) is 2.69. The Bertz CT molecular complexity index is 1070. The summed E-state index contributed by atoms with van der Waals surface area (Å²) < 4.78 is 5.25. The van der Waals surface area contributed by atoms with Crippen molar-refractivity contribution in [2.75, 3.05) is 5.32 Å². The van der Waals surface area contributed by atoms with Gasteiger partial charge in [-0.15, -0.1) is 0 Å². The van der Waals surface area contributed by atoms with Crippen LogP contribution in [0.2, 0.25) is 0 Å². The molecule has 3 aromatic rings. The molecule has 2 aromatic carbocycles. The molecule has 1 unspecified atom stereocenters. The number of hydrogen-bond donors (Lipinski definition) is 3. The van der Waals surface area contributed by atoms with E-state index in [-0.39, 0.29) is 0 Å². The van der Waals surface area contributed by atoms with Crippen molar-refractivity contribution in [1.29, 1.82) is 0 Å². The Labute approximate surface area is 173 Å². The maximum absolute atomic E-state index is 12.4. The van der Waals surface area contributed by atoms with Gasteiger partial charge >= 0.3 is 5.97 Å². The number of carbonyl (C=O) groups is 3. The predicted octanol–water partition coefficient (Wildman–Crippen LogP) is 2.98. The van der Waals surface area contributed by atoms with Gasteiger partial charge < -0.3 is 20.8 Å². The molecule has 1 atom stereocenters. The molecular weight excluding hydrogens is 384 g/mol. The lowest BCUT2D eigenvalue weighted by Crippen LogP contribution is -2.30. The second-order valence-electron chi connectivity index (χ2n) is 6.85. The van der Waals surface area contributed by atoms with Crippen LogP contribution >= 0.6 is 0 Å². The topological polar surface area (TPSA) is 127 Å². The minimum absolute atomic E-state index is 0.323. The van der Waals surface area contributed by atoms with Crippen molar-refractivity contribution in [3.8, 4) is 11.4 Å². The highest BCUT2D eigenvalue weighted by Crippen LogP contribution is 2.19. The Morgan fingerprint density at radius 3 is 2.13 bits per heavy atom. The van der Waals surface area contributed by atoms with Gasteiger partial charge in [-0.1, -0.05) is 12.1 Å². The molecule has 0 aliphatic heterocycles. The van der Waals surface area contributed by atoms with E-state index in [0.717, 1.165) is 22.8 Å². The van der Waals surface area contributed by atoms with E-state index in [1.165, 1.54) is 19.1 Å². The van der Waals surface area contributed by atoms with Gasteiger partial charge in [0.15, 0.2) is 6.10 Å². The zero-order valence-corrected chi connectivity index (χ0v) is 16.9. The van der Waals surface area contributed by atoms with Crippen molar-refractivity contribution >= 4 is 23.5 Å². The van der Waals surface area contributed by atoms with Gasteiger partial charge in [-0.2, -0.15) is 0 Å². The van der Waals surface area contributed by atoms with Crippen LogP contribution < -0.4 is 11.1 Å². The number of aromatic amines is 1. The molecule has 0 spiro atoms. The van der Waals surface area contributed by atoms with Crippen molar-refractivity contribution in [2.45, 2.75) is 26.9 Å². The smallest absolute Gasteiger partial charge is 0.338 e. The van der Waals surface area contributed by atoms with Crippen LogP contribution in [0, 0.1) is 13.8 Å². The molecule has 2 amide bonds. The summed E-state index contributed by atoms with van der Waals surface area (Å²) in [5, 5.41) is 2.62. The molecule has 1 heterocycles. The lowest BCUT2D eigenvalue weighted by molar-refractivity contribution is -0.123. The first-order chi connectivity index (χ1) is 14.2. The van der Waals surface area contributed by atoms with Crippen molar-refractivity contribution in [3.05, 3.63) is 71.0 Å². The third-order valence-corrected chi connectivity index (χ3v) is 4.61. The minimum atomic E-state index is -1.01. The zero-order chi connectivity index (χ0) is 21.8. The fraction of sp³-hybridized carbons (Fsp3) is 0.182. The van der Waals surface area contributed by atoms with Crippen LogP contribution in [0.3, 0.4) is 0 Å². The summed E-state index contributed by atoms with van der Waals surface area (Å²) in [6, 6.07) is 12.9. The Morgan fingerprint density at radius 2 is 1.60 bits per heavy atom. The maximum atomic E-state index is 12.4. The van der Waals surface area contributed by atoms with E-state index in [1.54, 1.807) is 36.4 Å². The van der Waals surface area contributed by atoms with Gasteiger partial charge in [-0.25, -0.2) is 9.78 Å². The number of ether oxygens (including phenoxy) is 1. The molecule has 0 aliphatic rings. The van der Waals surface area contributed by atoms with Gasteiger partial charge in [0.1, 0.15) is 5.82 Å². The molecule has 0 saturated carbocycles.